The SMILES string of the molecule is CC(NCCc1ccccc1F)C(=O)O. The largest absolute Gasteiger partial charge is 0.480 e. The summed E-state index contributed by atoms with van der Waals surface area (Å²) in [6.45, 7) is 2.01. The Morgan fingerprint density at radius 1 is 1.53 bits per heavy atom. The summed E-state index contributed by atoms with van der Waals surface area (Å²) in [5, 5.41) is 11.4. The fourth-order valence-electron chi connectivity index (χ4n) is 1.21. The molecule has 0 fully saturated rings. The van der Waals surface area contributed by atoms with Crippen molar-refractivity contribution in [2.45, 2.75) is 19.4 Å². The van der Waals surface area contributed by atoms with E-state index in [0.717, 1.165) is 0 Å². The highest BCUT2D eigenvalue weighted by Crippen LogP contribution is 2.06. The van der Waals surface area contributed by atoms with E-state index in [-0.39, 0.29) is 5.82 Å². The summed E-state index contributed by atoms with van der Waals surface area (Å²) >= 11 is 0. The molecule has 82 valence electrons. The average molecular weight is 211 g/mol. The summed E-state index contributed by atoms with van der Waals surface area (Å²) in [5.41, 5.74) is 0.600. The van der Waals surface area contributed by atoms with E-state index in [9.17, 15) is 9.18 Å². The van der Waals surface area contributed by atoms with Crippen LogP contribution in [0.3, 0.4) is 0 Å². The molecule has 0 heterocycles. The van der Waals surface area contributed by atoms with E-state index in [4.69, 9.17) is 5.11 Å². The third kappa shape index (κ3) is 3.67. The van der Waals surface area contributed by atoms with Gasteiger partial charge in [0.2, 0.25) is 0 Å². The zero-order valence-corrected chi connectivity index (χ0v) is 8.53. The molecule has 1 aromatic rings. The maximum absolute atomic E-state index is 13.1. The number of carbonyl (C=O) groups is 1. The van der Waals surface area contributed by atoms with E-state index in [1.165, 1.54) is 6.07 Å². The van der Waals surface area contributed by atoms with Crippen molar-refractivity contribution in [1.82, 2.24) is 5.32 Å². The Balaban J connectivity index is 2.38. The third-order valence-corrected chi connectivity index (χ3v) is 2.17. The summed E-state index contributed by atoms with van der Waals surface area (Å²) in [4.78, 5) is 10.5. The number of hydrogen-bond donors (Lipinski definition) is 2. The molecule has 3 nitrogen and oxygen atoms in total. The van der Waals surface area contributed by atoms with Crippen molar-refractivity contribution in [3.63, 3.8) is 0 Å². The van der Waals surface area contributed by atoms with Gasteiger partial charge in [-0.3, -0.25) is 4.79 Å². The van der Waals surface area contributed by atoms with Crippen LogP contribution in [0.1, 0.15) is 12.5 Å². The van der Waals surface area contributed by atoms with Crippen molar-refractivity contribution < 1.29 is 14.3 Å². The number of benzene rings is 1. The van der Waals surface area contributed by atoms with Crippen molar-refractivity contribution in [1.29, 1.82) is 0 Å². The van der Waals surface area contributed by atoms with Crippen LogP contribution >= 0.6 is 0 Å². The molecule has 0 aliphatic heterocycles. The zero-order chi connectivity index (χ0) is 11.3. The minimum Gasteiger partial charge on any atom is -0.480 e. The Labute approximate surface area is 87.9 Å². The van der Waals surface area contributed by atoms with Gasteiger partial charge in [-0.05, 0) is 25.0 Å². The maximum atomic E-state index is 13.1. The van der Waals surface area contributed by atoms with Crippen LogP contribution in [0, 0.1) is 5.82 Å². The second-order valence-electron chi connectivity index (χ2n) is 3.36. The molecule has 0 saturated carbocycles. The zero-order valence-electron chi connectivity index (χ0n) is 8.53. The molecule has 1 unspecified atom stereocenters. The Kier molecular flexibility index (Phi) is 4.24. The molecule has 15 heavy (non-hydrogen) atoms. The van der Waals surface area contributed by atoms with Crippen LogP contribution in [-0.4, -0.2) is 23.7 Å². The molecule has 1 atom stereocenters. The summed E-state index contributed by atoms with van der Waals surface area (Å²) in [6, 6.07) is 5.89. The van der Waals surface area contributed by atoms with Gasteiger partial charge < -0.3 is 10.4 Å². The second-order valence-corrected chi connectivity index (χ2v) is 3.36. The van der Waals surface area contributed by atoms with Crippen molar-refractivity contribution in [3.8, 4) is 0 Å². The van der Waals surface area contributed by atoms with Gasteiger partial charge in [0.15, 0.2) is 0 Å². The fraction of sp³-hybridized carbons (Fsp3) is 0.364. The minimum atomic E-state index is -0.900. The summed E-state index contributed by atoms with van der Waals surface area (Å²) < 4.78 is 13.1. The number of hydrogen-bond acceptors (Lipinski definition) is 2. The summed E-state index contributed by atoms with van der Waals surface area (Å²) in [6.07, 6.45) is 0.490. The highest BCUT2D eigenvalue weighted by molar-refractivity contribution is 5.72. The lowest BCUT2D eigenvalue weighted by atomic mass is 10.1. The van der Waals surface area contributed by atoms with Gasteiger partial charge >= 0.3 is 5.97 Å². The molecular weight excluding hydrogens is 197 g/mol. The number of halogens is 1. The van der Waals surface area contributed by atoms with Gasteiger partial charge in [0.25, 0.3) is 0 Å². The topological polar surface area (TPSA) is 49.3 Å². The molecule has 1 aromatic carbocycles. The van der Waals surface area contributed by atoms with Gasteiger partial charge in [0.1, 0.15) is 11.9 Å². The lowest BCUT2D eigenvalue weighted by Gasteiger charge is -2.08. The van der Waals surface area contributed by atoms with E-state index in [1.807, 2.05) is 0 Å². The molecule has 1 rings (SSSR count). The van der Waals surface area contributed by atoms with Crippen molar-refractivity contribution in [2.24, 2.45) is 0 Å². The monoisotopic (exact) mass is 211 g/mol. The van der Waals surface area contributed by atoms with E-state index in [2.05, 4.69) is 5.32 Å². The molecule has 0 aliphatic rings. The van der Waals surface area contributed by atoms with Crippen LogP contribution in [-0.2, 0) is 11.2 Å². The fourth-order valence-corrected chi connectivity index (χ4v) is 1.21. The standard InChI is InChI=1S/C11H14FNO2/c1-8(11(14)15)13-7-6-9-4-2-3-5-10(9)12/h2-5,8,13H,6-7H2,1H3,(H,14,15). The quantitative estimate of drug-likeness (QED) is 0.774. The van der Waals surface area contributed by atoms with Crippen LogP contribution in [0.2, 0.25) is 0 Å². The third-order valence-electron chi connectivity index (χ3n) is 2.17. The summed E-state index contributed by atoms with van der Waals surface area (Å²) in [7, 11) is 0. The first-order valence-corrected chi connectivity index (χ1v) is 4.81. The first-order valence-electron chi connectivity index (χ1n) is 4.81. The highest BCUT2D eigenvalue weighted by atomic mass is 19.1. The van der Waals surface area contributed by atoms with Crippen molar-refractivity contribution in [2.75, 3.05) is 6.54 Å². The Morgan fingerprint density at radius 2 is 2.20 bits per heavy atom. The minimum absolute atomic E-state index is 0.248. The molecule has 4 heteroatoms. The Hall–Kier alpha value is -1.42. The van der Waals surface area contributed by atoms with Crippen LogP contribution in [0.25, 0.3) is 0 Å². The molecule has 2 N–H and O–H groups in total. The molecule has 0 bridgehead atoms. The normalized spacial score (nSPS) is 12.4. The van der Waals surface area contributed by atoms with Gasteiger partial charge in [-0.2, -0.15) is 0 Å². The molecule has 0 amide bonds. The van der Waals surface area contributed by atoms with Gasteiger partial charge in [-0.25, -0.2) is 4.39 Å². The van der Waals surface area contributed by atoms with Gasteiger partial charge in [-0.15, -0.1) is 0 Å². The Morgan fingerprint density at radius 3 is 2.80 bits per heavy atom. The van der Waals surface area contributed by atoms with Gasteiger partial charge in [-0.1, -0.05) is 18.2 Å². The van der Waals surface area contributed by atoms with E-state index >= 15 is 0 Å². The van der Waals surface area contributed by atoms with Gasteiger partial charge in [0.05, 0.1) is 0 Å². The predicted octanol–water partition coefficient (Wildman–Crippen LogP) is 1.43. The molecule has 0 aromatic heterocycles. The molecular formula is C11H14FNO2. The lowest BCUT2D eigenvalue weighted by molar-refractivity contribution is -0.138. The predicted molar refractivity (Wildman–Crippen MR) is 55.2 cm³/mol. The molecule has 0 radical (unpaired) electrons. The van der Waals surface area contributed by atoms with Crippen molar-refractivity contribution in [3.05, 3.63) is 35.6 Å². The number of nitrogens with one attached hydrogen (secondary N) is 1. The number of rotatable bonds is 5. The lowest BCUT2D eigenvalue weighted by Crippen LogP contribution is -2.35. The number of aliphatic carboxylic acids is 1. The van der Waals surface area contributed by atoms with Gasteiger partial charge in [0, 0.05) is 6.54 Å². The van der Waals surface area contributed by atoms with Crippen LogP contribution < -0.4 is 5.32 Å². The summed E-state index contributed by atoms with van der Waals surface area (Å²) in [5.74, 6) is -1.15. The molecule has 0 aliphatic carbocycles. The van der Waals surface area contributed by atoms with E-state index in [0.29, 0.717) is 18.5 Å². The van der Waals surface area contributed by atoms with E-state index in [1.54, 1.807) is 25.1 Å². The highest BCUT2D eigenvalue weighted by Gasteiger charge is 2.09. The molecule has 0 saturated heterocycles. The number of carboxylic acid groups (broad SMARTS) is 1. The van der Waals surface area contributed by atoms with Crippen LogP contribution in [0.15, 0.2) is 24.3 Å². The second kappa shape index (κ2) is 5.46. The first-order chi connectivity index (χ1) is 7.11. The molecule has 0 spiro atoms. The van der Waals surface area contributed by atoms with E-state index < -0.39 is 12.0 Å². The average Bonchev–Trinajstić information content (AvgIpc) is 2.20. The maximum Gasteiger partial charge on any atom is 0.320 e. The number of carboxylic acids is 1. The first kappa shape index (κ1) is 11.7. The van der Waals surface area contributed by atoms with Crippen molar-refractivity contribution >= 4 is 5.97 Å². The van der Waals surface area contributed by atoms with Crippen LogP contribution in [0.5, 0.6) is 0 Å². The Bertz CT molecular complexity index is 341. The van der Waals surface area contributed by atoms with Crippen LogP contribution in [0.4, 0.5) is 4.39 Å². The smallest absolute Gasteiger partial charge is 0.320 e.